The average molecular weight is 386 g/mol. The molecule has 0 aliphatic rings. The van der Waals surface area contributed by atoms with Crippen LogP contribution < -0.4 is 5.32 Å². The smallest absolute Gasteiger partial charge is 0.222 e. The predicted octanol–water partition coefficient (Wildman–Crippen LogP) is 4.49. The number of pyridine rings is 1. The number of rotatable bonds is 5. The summed E-state index contributed by atoms with van der Waals surface area (Å²) in [4.78, 5) is 15.8. The van der Waals surface area contributed by atoms with Crippen molar-refractivity contribution in [1.82, 2.24) is 19.9 Å². The Morgan fingerprint density at radius 1 is 1.00 bits per heavy atom. The number of halogens is 3. The fourth-order valence-electron chi connectivity index (χ4n) is 2.78. The van der Waals surface area contributed by atoms with Gasteiger partial charge in [0.05, 0.1) is 5.02 Å². The van der Waals surface area contributed by atoms with E-state index >= 15 is 0 Å². The van der Waals surface area contributed by atoms with Crippen LogP contribution >= 0.6 is 11.6 Å². The molecular formula is C19H14ClF2N5. The minimum absolute atomic E-state index is 0.165. The third kappa shape index (κ3) is 3.88. The van der Waals surface area contributed by atoms with Crippen LogP contribution in [0.5, 0.6) is 0 Å². The van der Waals surface area contributed by atoms with E-state index in [1.807, 2.05) is 12.3 Å². The highest BCUT2D eigenvalue weighted by Gasteiger charge is 2.08. The highest BCUT2D eigenvalue weighted by Crippen LogP contribution is 2.22. The van der Waals surface area contributed by atoms with E-state index in [1.165, 1.54) is 12.1 Å². The van der Waals surface area contributed by atoms with Gasteiger partial charge >= 0.3 is 0 Å². The average Bonchev–Trinajstić information content (AvgIpc) is 3.04. The van der Waals surface area contributed by atoms with E-state index in [4.69, 9.17) is 11.6 Å². The van der Waals surface area contributed by atoms with Crippen molar-refractivity contribution < 1.29 is 8.78 Å². The molecule has 0 aliphatic heterocycles. The number of fused-ring (bicyclic) bond motifs is 1. The van der Waals surface area contributed by atoms with Crippen LogP contribution in [0.3, 0.4) is 0 Å². The van der Waals surface area contributed by atoms with Gasteiger partial charge in [-0.3, -0.25) is 0 Å². The van der Waals surface area contributed by atoms with Crippen LogP contribution in [0, 0.1) is 11.6 Å². The SMILES string of the molecule is Fc1ccc(CNc2ncc(Cc3c[nH]c4ncc(Cl)cc34)cn2)c(F)c1. The van der Waals surface area contributed by atoms with Crippen molar-refractivity contribution in [3.8, 4) is 0 Å². The van der Waals surface area contributed by atoms with Crippen LogP contribution in [0.15, 0.2) is 49.1 Å². The molecule has 3 aromatic heterocycles. The molecule has 0 unspecified atom stereocenters. The zero-order valence-corrected chi connectivity index (χ0v) is 14.8. The van der Waals surface area contributed by atoms with Crippen molar-refractivity contribution in [2.24, 2.45) is 0 Å². The highest BCUT2D eigenvalue weighted by molar-refractivity contribution is 6.31. The molecule has 0 amide bonds. The van der Waals surface area contributed by atoms with Crippen LogP contribution in [0.25, 0.3) is 11.0 Å². The number of benzene rings is 1. The van der Waals surface area contributed by atoms with Crippen molar-refractivity contribution in [1.29, 1.82) is 0 Å². The van der Waals surface area contributed by atoms with Gasteiger partial charge in [-0.1, -0.05) is 17.7 Å². The maximum Gasteiger partial charge on any atom is 0.222 e. The number of hydrogen-bond donors (Lipinski definition) is 2. The summed E-state index contributed by atoms with van der Waals surface area (Å²) >= 11 is 6.02. The van der Waals surface area contributed by atoms with Crippen molar-refractivity contribution in [3.05, 3.63) is 82.4 Å². The number of aromatic nitrogens is 4. The van der Waals surface area contributed by atoms with Crippen molar-refractivity contribution in [2.45, 2.75) is 13.0 Å². The number of aromatic amines is 1. The first-order valence-electron chi connectivity index (χ1n) is 8.19. The summed E-state index contributed by atoms with van der Waals surface area (Å²) in [6.07, 6.45) is 7.50. The zero-order valence-electron chi connectivity index (χ0n) is 14.0. The monoisotopic (exact) mass is 385 g/mol. The van der Waals surface area contributed by atoms with Gasteiger partial charge in [0.1, 0.15) is 17.3 Å². The molecule has 2 N–H and O–H groups in total. The zero-order chi connectivity index (χ0) is 18.8. The van der Waals surface area contributed by atoms with E-state index in [-0.39, 0.29) is 6.54 Å². The fourth-order valence-corrected chi connectivity index (χ4v) is 2.93. The minimum Gasteiger partial charge on any atom is -0.350 e. The molecule has 3 heterocycles. The van der Waals surface area contributed by atoms with E-state index in [2.05, 4.69) is 25.3 Å². The summed E-state index contributed by atoms with van der Waals surface area (Å²) in [5, 5.41) is 4.46. The number of anilines is 1. The molecule has 4 aromatic rings. The van der Waals surface area contributed by atoms with Gasteiger partial charge in [0.2, 0.25) is 5.95 Å². The van der Waals surface area contributed by atoms with Gasteiger partial charge in [0.25, 0.3) is 0 Å². The van der Waals surface area contributed by atoms with Gasteiger partial charge in [0, 0.05) is 54.8 Å². The summed E-state index contributed by atoms with van der Waals surface area (Å²) in [5.74, 6) is -0.845. The Bertz CT molecular complexity index is 1100. The van der Waals surface area contributed by atoms with E-state index in [1.54, 1.807) is 18.6 Å². The fraction of sp³-hybridized carbons (Fsp3) is 0.105. The van der Waals surface area contributed by atoms with Crippen molar-refractivity contribution in [3.63, 3.8) is 0 Å². The first kappa shape index (κ1) is 17.4. The summed E-state index contributed by atoms with van der Waals surface area (Å²) in [5.41, 5.74) is 3.06. The second kappa shape index (κ2) is 7.28. The molecule has 0 fully saturated rings. The number of nitrogens with zero attached hydrogens (tertiary/aromatic N) is 3. The Balaban J connectivity index is 1.44. The quantitative estimate of drug-likeness (QED) is 0.531. The Hall–Kier alpha value is -3.06. The second-order valence-corrected chi connectivity index (χ2v) is 6.48. The number of H-pyrrole nitrogens is 1. The lowest BCUT2D eigenvalue weighted by Gasteiger charge is -2.07. The predicted molar refractivity (Wildman–Crippen MR) is 99.6 cm³/mol. The Morgan fingerprint density at radius 2 is 1.81 bits per heavy atom. The van der Waals surface area contributed by atoms with Gasteiger partial charge < -0.3 is 10.3 Å². The molecule has 1 aromatic carbocycles. The van der Waals surface area contributed by atoms with Crippen LogP contribution in [0.2, 0.25) is 5.02 Å². The van der Waals surface area contributed by atoms with Crippen LogP contribution in [-0.2, 0) is 13.0 Å². The molecule has 0 radical (unpaired) electrons. The summed E-state index contributed by atoms with van der Waals surface area (Å²) in [7, 11) is 0. The first-order chi connectivity index (χ1) is 13.1. The molecule has 0 saturated carbocycles. The minimum atomic E-state index is -0.606. The molecule has 0 spiro atoms. The van der Waals surface area contributed by atoms with Gasteiger partial charge in [-0.15, -0.1) is 0 Å². The lowest BCUT2D eigenvalue weighted by molar-refractivity contribution is 0.574. The van der Waals surface area contributed by atoms with Crippen LogP contribution in [0.1, 0.15) is 16.7 Å². The van der Waals surface area contributed by atoms with Gasteiger partial charge in [-0.05, 0) is 23.3 Å². The Kier molecular flexibility index (Phi) is 4.68. The van der Waals surface area contributed by atoms with E-state index in [0.29, 0.717) is 23.0 Å². The molecule has 27 heavy (non-hydrogen) atoms. The van der Waals surface area contributed by atoms with Crippen molar-refractivity contribution >= 4 is 28.6 Å². The highest BCUT2D eigenvalue weighted by atomic mass is 35.5. The van der Waals surface area contributed by atoms with E-state index < -0.39 is 11.6 Å². The molecule has 4 rings (SSSR count). The largest absolute Gasteiger partial charge is 0.350 e. The van der Waals surface area contributed by atoms with Crippen molar-refractivity contribution in [2.75, 3.05) is 5.32 Å². The van der Waals surface area contributed by atoms with Gasteiger partial charge in [-0.2, -0.15) is 0 Å². The third-order valence-corrected chi connectivity index (χ3v) is 4.34. The molecular weight excluding hydrogens is 372 g/mol. The Morgan fingerprint density at radius 3 is 2.59 bits per heavy atom. The topological polar surface area (TPSA) is 66.5 Å². The Labute approximate surface area is 158 Å². The molecule has 0 saturated heterocycles. The lowest BCUT2D eigenvalue weighted by atomic mass is 10.1. The summed E-state index contributed by atoms with van der Waals surface area (Å²) in [6, 6.07) is 5.32. The molecule has 5 nitrogen and oxygen atoms in total. The van der Waals surface area contributed by atoms with Gasteiger partial charge in [-0.25, -0.2) is 23.7 Å². The molecule has 136 valence electrons. The van der Waals surface area contributed by atoms with Crippen LogP contribution in [-0.4, -0.2) is 19.9 Å². The number of nitrogens with one attached hydrogen (secondary N) is 2. The summed E-state index contributed by atoms with van der Waals surface area (Å²) in [6.45, 7) is 0.165. The standard InChI is InChI=1S/C19H14ClF2N5/c20-14-4-16-13(9-23-18(16)24-10-14)3-11-6-25-19(26-7-11)27-8-12-1-2-15(21)5-17(12)22/h1-2,4-7,9-10H,3,8H2,(H,23,24)(H,25,26,27). The van der Waals surface area contributed by atoms with Gasteiger partial charge in [0.15, 0.2) is 0 Å². The number of hydrogen-bond acceptors (Lipinski definition) is 4. The normalized spacial score (nSPS) is 11.1. The maximum atomic E-state index is 13.6. The summed E-state index contributed by atoms with van der Waals surface area (Å²) < 4.78 is 26.6. The maximum absolute atomic E-state index is 13.6. The molecule has 0 bridgehead atoms. The second-order valence-electron chi connectivity index (χ2n) is 6.04. The van der Waals surface area contributed by atoms with E-state index in [9.17, 15) is 8.78 Å². The molecule has 8 heteroatoms. The third-order valence-electron chi connectivity index (χ3n) is 4.14. The molecule has 0 aliphatic carbocycles. The van der Waals surface area contributed by atoms with Crippen LogP contribution in [0.4, 0.5) is 14.7 Å². The van der Waals surface area contributed by atoms with E-state index in [0.717, 1.165) is 28.2 Å². The lowest BCUT2D eigenvalue weighted by Crippen LogP contribution is -2.05. The molecule has 0 atom stereocenters. The first-order valence-corrected chi connectivity index (χ1v) is 8.56.